The second-order valence-electron chi connectivity index (χ2n) is 7.63. The number of carbonyl (C=O) groups excluding carboxylic acids is 2. The molecule has 30 heavy (non-hydrogen) atoms. The van der Waals surface area contributed by atoms with Gasteiger partial charge < -0.3 is 15.0 Å². The number of nitrogens with one attached hydrogen (secondary N) is 1. The number of benzene rings is 2. The molecule has 1 N–H and O–H groups in total. The van der Waals surface area contributed by atoms with Gasteiger partial charge >= 0.3 is 0 Å². The second-order valence-corrected chi connectivity index (χ2v) is 7.63. The van der Waals surface area contributed by atoms with E-state index in [9.17, 15) is 9.59 Å². The first-order valence-electron chi connectivity index (χ1n) is 10.8. The summed E-state index contributed by atoms with van der Waals surface area (Å²) in [6.07, 6.45) is 2.47. The van der Waals surface area contributed by atoms with Crippen molar-refractivity contribution in [2.75, 3.05) is 13.2 Å². The average molecular weight is 411 g/mol. The smallest absolute Gasteiger partial charge is 0.261 e. The quantitative estimate of drug-likeness (QED) is 0.559. The number of rotatable bonds is 11. The summed E-state index contributed by atoms with van der Waals surface area (Å²) in [5.41, 5.74) is 3.12. The second kappa shape index (κ2) is 12.0. The van der Waals surface area contributed by atoms with Crippen LogP contribution >= 0.6 is 0 Å². The molecule has 0 aliphatic rings. The summed E-state index contributed by atoms with van der Waals surface area (Å²) >= 11 is 0. The van der Waals surface area contributed by atoms with E-state index in [2.05, 4.69) is 12.2 Å². The van der Waals surface area contributed by atoms with Crippen molar-refractivity contribution in [3.63, 3.8) is 0 Å². The monoisotopic (exact) mass is 410 g/mol. The van der Waals surface area contributed by atoms with Crippen LogP contribution in [0, 0.1) is 13.8 Å². The zero-order valence-electron chi connectivity index (χ0n) is 18.6. The fraction of sp³-hybridized carbons (Fsp3) is 0.440. The van der Waals surface area contributed by atoms with Gasteiger partial charge in [-0.15, -0.1) is 0 Å². The minimum atomic E-state index is -0.531. The molecular formula is C25H34N2O3. The van der Waals surface area contributed by atoms with Gasteiger partial charge in [-0.1, -0.05) is 68.3 Å². The number of amides is 2. The van der Waals surface area contributed by atoms with Crippen molar-refractivity contribution >= 4 is 11.8 Å². The lowest BCUT2D eigenvalue weighted by Gasteiger charge is -2.30. The van der Waals surface area contributed by atoms with Gasteiger partial charge in [-0.25, -0.2) is 0 Å². The molecule has 5 heteroatoms. The largest absolute Gasteiger partial charge is 0.484 e. The fourth-order valence-corrected chi connectivity index (χ4v) is 3.26. The molecule has 0 bridgehead atoms. The maximum atomic E-state index is 13.2. The summed E-state index contributed by atoms with van der Waals surface area (Å²) in [5.74, 6) is 0.375. The van der Waals surface area contributed by atoms with Gasteiger partial charge in [0.15, 0.2) is 6.61 Å². The number of carbonyl (C=O) groups is 2. The van der Waals surface area contributed by atoms with E-state index in [1.165, 1.54) is 0 Å². The third kappa shape index (κ3) is 6.90. The third-order valence-electron chi connectivity index (χ3n) is 5.13. The van der Waals surface area contributed by atoms with E-state index in [0.29, 0.717) is 25.3 Å². The molecule has 0 radical (unpaired) electrons. The summed E-state index contributed by atoms with van der Waals surface area (Å²) in [6, 6.07) is 15.1. The van der Waals surface area contributed by atoms with Gasteiger partial charge in [-0.05, 0) is 43.9 Å². The van der Waals surface area contributed by atoms with Crippen molar-refractivity contribution in [3.05, 3.63) is 65.2 Å². The number of hydrogen-bond donors (Lipinski definition) is 1. The zero-order valence-corrected chi connectivity index (χ0v) is 18.6. The SMILES string of the molecule is CCCCNC(=O)C(CC)N(Cc1ccc(C)cc1)C(=O)COc1ccccc1C. The van der Waals surface area contributed by atoms with Gasteiger partial charge in [0.1, 0.15) is 11.8 Å². The number of unbranched alkanes of at least 4 members (excludes halogenated alkanes) is 1. The highest BCUT2D eigenvalue weighted by Crippen LogP contribution is 2.18. The van der Waals surface area contributed by atoms with Crippen LogP contribution < -0.4 is 10.1 Å². The number of aryl methyl sites for hydroxylation is 2. The van der Waals surface area contributed by atoms with Gasteiger partial charge in [0.05, 0.1) is 0 Å². The predicted molar refractivity (Wildman–Crippen MR) is 120 cm³/mol. The van der Waals surface area contributed by atoms with E-state index in [1.54, 1.807) is 4.90 Å². The molecular weight excluding hydrogens is 376 g/mol. The predicted octanol–water partition coefficient (Wildman–Crippen LogP) is 4.41. The molecule has 0 fully saturated rings. The highest BCUT2D eigenvalue weighted by Gasteiger charge is 2.28. The van der Waals surface area contributed by atoms with Crippen molar-refractivity contribution in [2.45, 2.75) is 59.5 Å². The third-order valence-corrected chi connectivity index (χ3v) is 5.13. The van der Waals surface area contributed by atoms with Crippen molar-refractivity contribution < 1.29 is 14.3 Å². The first-order chi connectivity index (χ1) is 14.5. The summed E-state index contributed by atoms with van der Waals surface area (Å²) in [7, 11) is 0. The Morgan fingerprint density at radius 1 is 1.03 bits per heavy atom. The van der Waals surface area contributed by atoms with Gasteiger partial charge in [-0.3, -0.25) is 9.59 Å². The van der Waals surface area contributed by atoms with Crippen molar-refractivity contribution in [1.29, 1.82) is 0 Å². The van der Waals surface area contributed by atoms with E-state index in [1.807, 2.05) is 69.3 Å². The Labute approximate surface area is 180 Å². The van der Waals surface area contributed by atoms with Crippen LogP contribution in [0.5, 0.6) is 5.75 Å². The Hall–Kier alpha value is -2.82. The molecule has 5 nitrogen and oxygen atoms in total. The molecule has 0 spiro atoms. The fourth-order valence-electron chi connectivity index (χ4n) is 3.26. The highest BCUT2D eigenvalue weighted by molar-refractivity contribution is 5.88. The summed E-state index contributed by atoms with van der Waals surface area (Å²) in [4.78, 5) is 27.6. The van der Waals surface area contributed by atoms with Crippen LogP contribution in [-0.2, 0) is 16.1 Å². The first kappa shape index (κ1) is 23.5. The lowest BCUT2D eigenvalue weighted by molar-refractivity contribution is -0.143. The van der Waals surface area contributed by atoms with Crippen LogP contribution in [-0.4, -0.2) is 35.9 Å². The minimum absolute atomic E-state index is 0.102. The Morgan fingerprint density at radius 2 is 1.73 bits per heavy atom. The van der Waals surface area contributed by atoms with Crippen molar-refractivity contribution in [2.24, 2.45) is 0 Å². The van der Waals surface area contributed by atoms with Gasteiger partial charge in [0, 0.05) is 13.1 Å². The van der Waals surface area contributed by atoms with E-state index in [4.69, 9.17) is 4.74 Å². The molecule has 162 valence electrons. The van der Waals surface area contributed by atoms with Crippen LogP contribution in [0.1, 0.15) is 49.8 Å². The maximum absolute atomic E-state index is 13.2. The van der Waals surface area contributed by atoms with Gasteiger partial charge in [0.2, 0.25) is 5.91 Å². The van der Waals surface area contributed by atoms with Gasteiger partial charge in [-0.2, -0.15) is 0 Å². The molecule has 2 aromatic rings. The normalized spacial score (nSPS) is 11.6. The van der Waals surface area contributed by atoms with Crippen LogP contribution in [0.3, 0.4) is 0 Å². The Bertz CT molecular complexity index is 817. The Kier molecular flexibility index (Phi) is 9.39. The van der Waals surface area contributed by atoms with Gasteiger partial charge in [0.25, 0.3) is 5.91 Å². The molecule has 2 amide bonds. The first-order valence-corrected chi connectivity index (χ1v) is 10.8. The molecule has 0 aromatic heterocycles. The molecule has 0 aliphatic heterocycles. The summed E-state index contributed by atoms with van der Waals surface area (Å²) in [5, 5.41) is 2.97. The minimum Gasteiger partial charge on any atom is -0.484 e. The topological polar surface area (TPSA) is 58.6 Å². The van der Waals surface area contributed by atoms with E-state index in [0.717, 1.165) is 29.5 Å². The molecule has 0 saturated heterocycles. The average Bonchev–Trinajstić information content (AvgIpc) is 2.74. The van der Waals surface area contributed by atoms with Crippen LogP contribution in [0.25, 0.3) is 0 Å². The van der Waals surface area contributed by atoms with Crippen molar-refractivity contribution in [1.82, 2.24) is 10.2 Å². The lowest BCUT2D eigenvalue weighted by atomic mass is 10.1. The van der Waals surface area contributed by atoms with E-state index < -0.39 is 6.04 Å². The highest BCUT2D eigenvalue weighted by atomic mass is 16.5. The summed E-state index contributed by atoms with van der Waals surface area (Å²) in [6.45, 7) is 8.88. The number of nitrogens with zero attached hydrogens (tertiary/aromatic N) is 1. The number of para-hydroxylation sites is 1. The van der Waals surface area contributed by atoms with Crippen LogP contribution in [0.4, 0.5) is 0 Å². The van der Waals surface area contributed by atoms with E-state index in [-0.39, 0.29) is 18.4 Å². The van der Waals surface area contributed by atoms with E-state index >= 15 is 0 Å². The van der Waals surface area contributed by atoms with Crippen molar-refractivity contribution in [3.8, 4) is 5.75 Å². The maximum Gasteiger partial charge on any atom is 0.261 e. The number of ether oxygens (including phenoxy) is 1. The molecule has 2 aromatic carbocycles. The molecule has 2 rings (SSSR count). The van der Waals surface area contributed by atoms with Crippen LogP contribution in [0.2, 0.25) is 0 Å². The lowest BCUT2D eigenvalue weighted by Crippen LogP contribution is -2.50. The van der Waals surface area contributed by atoms with Crippen LogP contribution in [0.15, 0.2) is 48.5 Å². The molecule has 1 unspecified atom stereocenters. The Balaban J connectivity index is 2.17. The molecule has 0 saturated carbocycles. The molecule has 0 heterocycles. The molecule has 0 aliphatic carbocycles. The Morgan fingerprint density at radius 3 is 2.37 bits per heavy atom. The standard InChI is InChI=1S/C25H34N2O3/c1-5-7-16-26-25(29)22(6-2)27(17-21-14-12-19(3)13-15-21)24(28)18-30-23-11-9-8-10-20(23)4/h8-15,22H,5-7,16-18H2,1-4H3,(H,26,29). The zero-order chi connectivity index (χ0) is 21.9. The molecule has 1 atom stereocenters. The number of hydrogen-bond acceptors (Lipinski definition) is 3. The summed E-state index contributed by atoms with van der Waals surface area (Å²) < 4.78 is 5.79.